The lowest BCUT2D eigenvalue weighted by atomic mass is 9.79. The maximum Gasteiger partial charge on any atom is 0.165 e. The van der Waals surface area contributed by atoms with E-state index in [0.717, 1.165) is 24.8 Å². The summed E-state index contributed by atoms with van der Waals surface area (Å²) >= 11 is 0. The van der Waals surface area contributed by atoms with Crippen LogP contribution >= 0.6 is 0 Å². The third-order valence-electron chi connectivity index (χ3n) is 7.44. The summed E-state index contributed by atoms with van der Waals surface area (Å²) < 4.78 is 6.02. The van der Waals surface area contributed by atoms with Gasteiger partial charge in [0.25, 0.3) is 0 Å². The van der Waals surface area contributed by atoms with Gasteiger partial charge in [0, 0.05) is 11.8 Å². The fourth-order valence-electron chi connectivity index (χ4n) is 5.54. The van der Waals surface area contributed by atoms with Crippen molar-refractivity contribution in [3.05, 3.63) is 11.6 Å². The summed E-state index contributed by atoms with van der Waals surface area (Å²) in [5.41, 5.74) is 0.902. The fourth-order valence-corrected chi connectivity index (χ4v) is 5.54. The molecule has 0 bridgehead atoms. The Bertz CT molecular complexity index is 616. The van der Waals surface area contributed by atoms with Crippen LogP contribution in [0.5, 0.6) is 0 Å². The van der Waals surface area contributed by atoms with Gasteiger partial charge in [-0.1, -0.05) is 26.8 Å². The van der Waals surface area contributed by atoms with E-state index in [1.54, 1.807) is 0 Å². The number of carbonyl (C=O) groups is 2. The zero-order valence-electron chi connectivity index (χ0n) is 14.9. The molecule has 23 heavy (non-hydrogen) atoms. The average molecular weight is 316 g/mol. The van der Waals surface area contributed by atoms with Gasteiger partial charge >= 0.3 is 0 Å². The quantitative estimate of drug-likeness (QED) is 0.642. The Kier molecular flexibility index (Phi) is 3.09. The van der Waals surface area contributed by atoms with E-state index in [2.05, 4.69) is 27.7 Å². The Morgan fingerprint density at radius 1 is 1.17 bits per heavy atom. The minimum absolute atomic E-state index is 0.0369. The first kappa shape index (κ1) is 15.6. The number of hydrogen-bond acceptors (Lipinski definition) is 3. The van der Waals surface area contributed by atoms with E-state index in [9.17, 15) is 9.59 Å². The van der Waals surface area contributed by atoms with E-state index in [1.807, 2.05) is 13.0 Å². The number of ether oxygens (including phenoxy) is 1. The molecule has 0 N–H and O–H groups in total. The van der Waals surface area contributed by atoms with Crippen LogP contribution in [-0.4, -0.2) is 23.3 Å². The lowest BCUT2D eigenvalue weighted by Crippen LogP contribution is -2.34. The number of ketones is 2. The van der Waals surface area contributed by atoms with Crippen molar-refractivity contribution >= 4 is 11.6 Å². The van der Waals surface area contributed by atoms with E-state index in [1.165, 1.54) is 0 Å². The SMILES string of the molecule is CC1=C[C@H]2C(=O)[C@H](C)C[C@@H]3[C@H](CC[C@]4(C)O[C@H]4[C@@H]2C1=O)C3(C)C. The highest BCUT2D eigenvalue weighted by molar-refractivity contribution is 6.05. The van der Waals surface area contributed by atoms with Gasteiger partial charge in [-0.25, -0.2) is 0 Å². The number of Topliss-reactive ketones (excluding diaryl/α,β-unsaturated/α-hetero) is 2. The molecule has 4 aliphatic rings. The summed E-state index contributed by atoms with van der Waals surface area (Å²) in [6.07, 6.45) is 5.00. The number of allylic oxidation sites excluding steroid dienone is 2. The number of rotatable bonds is 0. The summed E-state index contributed by atoms with van der Waals surface area (Å²) in [6.45, 7) is 10.7. The molecule has 1 saturated heterocycles. The lowest BCUT2D eigenvalue weighted by molar-refractivity contribution is -0.130. The first-order valence-electron chi connectivity index (χ1n) is 9.11. The van der Waals surface area contributed by atoms with Crippen LogP contribution in [0.2, 0.25) is 0 Å². The molecular formula is C20H28O3. The van der Waals surface area contributed by atoms with Gasteiger partial charge in [-0.3, -0.25) is 9.59 Å². The van der Waals surface area contributed by atoms with E-state index < -0.39 is 0 Å². The fraction of sp³-hybridized carbons (Fsp3) is 0.800. The third kappa shape index (κ3) is 2.12. The van der Waals surface area contributed by atoms with Gasteiger partial charge in [0.2, 0.25) is 0 Å². The zero-order valence-corrected chi connectivity index (χ0v) is 14.9. The Morgan fingerprint density at radius 2 is 1.87 bits per heavy atom. The van der Waals surface area contributed by atoms with Crippen LogP contribution in [0, 0.1) is 35.0 Å². The number of epoxide rings is 1. The third-order valence-corrected chi connectivity index (χ3v) is 7.44. The molecule has 0 aromatic rings. The van der Waals surface area contributed by atoms with E-state index in [-0.39, 0.29) is 41.0 Å². The molecule has 0 spiro atoms. The van der Waals surface area contributed by atoms with E-state index in [0.29, 0.717) is 17.3 Å². The minimum Gasteiger partial charge on any atom is -0.366 e. The molecule has 7 atom stereocenters. The van der Waals surface area contributed by atoms with Gasteiger partial charge in [0.15, 0.2) is 5.78 Å². The monoisotopic (exact) mass is 316 g/mol. The van der Waals surface area contributed by atoms with Gasteiger partial charge in [-0.15, -0.1) is 0 Å². The number of carbonyl (C=O) groups excluding carboxylic acids is 2. The van der Waals surface area contributed by atoms with Crippen LogP contribution in [-0.2, 0) is 14.3 Å². The van der Waals surface area contributed by atoms with Gasteiger partial charge in [-0.05, 0) is 55.9 Å². The Hall–Kier alpha value is -0.960. The van der Waals surface area contributed by atoms with Crippen LogP contribution in [0.25, 0.3) is 0 Å². The summed E-state index contributed by atoms with van der Waals surface area (Å²) in [7, 11) is 0. The second-order valence-corrected chi connectivity index (χ2v) is 9.23. The highest BCUT2D eigenvalue weighted by Gasteiger charge is 2.65. The molecule has 2 saturated carbocycles. The maximum atomic E-state index is 13.0. The van der Waals surface area contributed by atoms with Crippen molar-refractivity contribution in [3.8, 4) is 0 Å². The maximum absolute atomic E-state index is 13.0. The van der Waals surface area contributed by atoms with E-state index in [4.69, 9.17) is 4.74 Å². The minimum atomic E-state index is -0.266. The molecule has 0 amide bonds. The van der Waals surface area contributed by atoms with E-state index >= 15 is 0 Å². The Labute approximate surface area is 138 Å². The Balaban J connectivity index is 1.67. The van der Waals surface area contributed by atoms with Crippen LogP contribution < -0.4 is 0 Å². The van der Waals surface area contributed by atoms with Crippen molar-refractivity contribution in [1.29, 1.82) is 0 Å². The molecule has 0 aromatic heterocycles. The highest BCUT2D eigenvalue weighted by Crippen LogP contribution is 2.65. The van der Waals surface area contributed by atoms with Crippen molar-refractivity contribution in [1.82, 2.24) is 0 Å². The van der Waals surface area contributed by atoms with Crippen molar-refractivity contribution < 1.29 is 14.3 Å². The molecule has 3 heteroatoms. The molecule has 1 heterocycles. The van der Waals surface area contributed by atoms with Crippen molar-refractivity contribution in [3.63, 3.8) is 0 Å². The molecule has 0 aromatic carbocycles. The largest absolute Gasteiger partial charge is 0.366 e. The van der Waals surface area contributed by atoms with Crippen LogP contribution in [0.1, 0.15) is 53.9 Å². The molecule has 1 aliphatic heterocycles. The van der Waals surface area contributed by atoms with Crippen molar-refractivity contribution in [2.24, 2.45) is 35.0 Å². The molecular weight excluding hydrogens is 288 g/mol. The molecule has 3 nitrogen and oxygen atoms in total. The van der Waals surface area contributed by atoms with Gasteiger partial charge in [-0.2, -0.15) is 0 Å². The Morgan fingerprint density at radius 3 is 2.57 bits per heavy atom. The topological polar surface area (TPSA) is 46.7 Å². The summed E-state index contributed by atoms with van der Waals surface area (Å²) in [4.78, 5) is 25.6. The van der Waals surface area contributed by atoms with Crippen LogP contribution in [0.15, 0.2) is 11.6 Å². The van der Waals surface area contributed by atoms with Gasteiger partial charge < -0.3 is 4.74 Å². The molecule has 126 valence electrons. The smallest absolute Gasteiger partial charge is 0.165 e. The van der Waals surface area contributed by atoms with Crippen molar-refractivity contribution in [2.45, 2.75) is 65.6 Å². The van der Waals surface area contributed by atoms with Gasteiger partial charge in [0.1, 0.15) is 5.78 Å². The zero-order chi connectivity index (χ0) is 16.7. The first-order valence-corrected chi connectivity index (χ1v) is 9.11. The molecule has 3 aliphatic carbocycles. The van der Waals surface area contributed by atoms with Crippen LogP contribution in [0.4, 0.5) is 0 Å². The normalized spacial score (nSPS) is 51.1. The average Bonchev–Trinajstić information content (AvgIpc) is 3.23. The summed E-state index contributed by atoms with van der Waals surface area (Å²) in [5.74, 6) is 1.23. The number of hydrogen-bond donors (Lipinski definition) is 0. The predicted molar refractivity (Wildman–Crippen MR) is 87.8 cm³/mol. The second kappa shape index (κ2) is 4.56. The molecule has 3 fully saturated rings. The number of fused-ring (bicyclic) bond motifs is 4. The lowest BCUT2D eigenvalue weighted by Gasteiger charge is -2.20. The molecule has 0 unspecified atom stereocenters. The highest BCUT2D eigenvalue weighted by atomic mass is 16.6. The predicted octanol–water partition coefficient (Wildman–Crippen LogP) is 3.57. The summed E-state index contributed by atoms with van der Waals surface area (Å²) in [6, 6.07) is 0. The van der Waals surface area contributed by atoms with Gasteiger partial charge in [0.05, 0.1) is 17.6 Å². The second-order valence-electron chi connectivity index (χ2n) is 9.23. The van der Waals surface area contributed by atoms with Crippen LogP contribution in [0.3, 0.4) is 0 Å². The summed E-state index contributed by atoms with van der Waals surface area (Å²) in [5, 5.41) is 0. The molecule has 4 rings (SSSR count). The molecule has 0 radical (unpaired) electrons. The standard InChI is InChI=1S/C20H28O3/c1-10-8-12-15(17(10)22)18-20(5,23-18)7-6-13-14(19(13,3)4)9-11(2)16(12)21/h8,11-15,18H,6-7,9H2,1-5H3/t11-,12-,13+,14-,15+,18+,20+/m1/s1. The first-order chi connectivity index (χ1) is 10.7. The van der Waals surface area contributed by atoms with Crippen molar-refractivity contribution in [2.75, 3.05) is 0 Å².